The van der Waals surface area contributed by atoms with E-state index in [1.54, 1.807) is 0 Å². The molecule has 0 fully saturated rings. The fourth-order valence-electron chi connectivity index (χ4n) is 2.18. The van der Waals surface area contributed by atoms with E-state index in [9.17, 15) is 4.79 Å². The van der Waals surface area contributed by atoms with Gasteiger partial charge in [-0.05, 0) is 24.8 Å². The minimum absolute atomic E-state index is 0.0664. The molecule has 1 aliphatic carbocycles. The number of H-pyrrole nitrogens is 1. The van der Waals surface area contributed by atoms with Gasteiger partial charge in [-0.2, -0.15) is 0 Å². The average molecular weight is 217 g/mol. The molecule has 1 aromatic heterocycles. The van der Waals surface area contributed by atoms with Gasteiger partial charge >= 0.3 is 4.87 Å². The standard InChI is InChI=1S/C12H11NOS/c14-12-13-11-9-6-2-1-4-8(9)5-3-7-10(11)15-12/h1-2,4,6H,3,5,7H2,(H,13,14). The van der Waals surface area contributed by atoms with E-state index in [1.807, 2.05) is 6.07 Å². The normalized spacial score (nSPS) is 14.1. The summed E-state index contributed by atoms with van der Waals surface area (Å²) in [5.74, 6) is 0. The van der Waals surface area contributed by atoms with Crippen molar-refractivity contribution in [2.24, 2.45) is 0 Å². The highest BCUT2D eigenvalue weighted by Crippen LogP contribution is 2.31. The summed E-state index contributed by atoms with van der Waals surface area (Å²) in [6.07, 6.45) is 3.27. The van der Waals surface area contributed by atoms with Crippen molar-refractivity contribution < 1.29 is 0 Å². The topological polar surface area (TPSA) is 32.9 Å². The number of aromatic amines is 1. The number of thiazole rings is 1. The van der Waals surface area contributed by atoms with Crippen molar-refractivity contribution in [2.45, 2.75) is 19.3 Å². The molecule has 0 aliphatic heterocycles. The number of nitrogens with one attached hydrogen (secondary N) is 1. The Morgan fingerprint density at radius 2 is 2.07 bits per heavy atom. The second-order valence-electron chi connectivity index (χ2n) is 3.82. The van der Waals surface area contributed by atoms with Crippen molar-refractivity contribution in [1.82, 2.24) is 4.98 Å². The van der Waals surface area contributed by atoms with Gasteiger partial charge in [0.25, 0.3) is 0 Å². The number of benzene rings is 1. The number of rotatable bonds is 0. The summed E-state index contributed by atoms with van der Waals surface area (Å²) in [5, 5.41) is 0. The Balaban J connectivity index is 2.31. The Hall–Kier alpha value is -1.35. The van der Waals surface area contributed by atoms with E-state index < -0.39 is 0 Å². The molecule has 0 atom stereocenters. The maximum atomic E-state index is 11.3. The maximum Gasteiger partial charge on any atom is 0.305 e. The van der Waals surface area contributed by atoms with Crippen molar-refractivity contribution in [3.05, 3.63) is 44.4 Å². The molecule has 2 nitrogen and oxygen atoms in total. The third-order valence-corrected chi connectivity index (χ3v) is 3.80. The van der Waals surface area contributed by atoms with Crippen LogP contribution in [-0.4, -0.2) is 4.98 Å². The van der Waals surface area contributed by atoms with Crippen molar-refractivity contribution in [3.8, 4) is 11.3 Å². The molecule has 1 aromatic carbocycles. The first-order valence-corrected chi connectivity index (χ1v) is 5.96. The summed E-state index contributed by atoms with van der Waals surface area (Å²) >= 11 is 1.36. The maximum absolute atomic E-state index is 11.3. The first-order valence-electron chi connectivity index (χ1n) is 5.15. The van der Waals surface area contributed by atoms with Crippen molar-refractivity contribution in [3.63, 3.8) is 0 Å². The zero-order valence-corrected chi connectivity index (χ0v) is 9.06. The lowest BCUT2D eigenvalue weighted by Gasteiger charge is -2.03. The van der Waals surface area contributed by atoms with Gasteiger partial charge in [-0.15, -0.1) is 0 Å². The van der Waals surface area contributed by atoms with E-state index in [4.69, 9.17) is 0 Å². The molecular weight excluding hydrogens is 206 g/mol. The molecule has 0 unspecified atom stereocenters. The van der Waals surface area contributed by atoms with Gasteiger partial charge in [0, 0.05) is 10.4 Å². The van der Waals surface area contributed by atoms with Crippen LogP contribution in [0.25, 0.3) is 11.3 Å². The van der Waals surface area contributed by atoms with Crippen molar-refractivity contribution in [2.75, 3.05) is 0 Å². The van der Waals surface area contributed by atoms with Crippen LogP contribution in [0.4, 0.5) is 0 Å². The molecule has 0 saturated heterocycles. The van der Waals surface area contributed by atoms with Gasteiger partial charge in [0.05, 0.1) is 5.69 Å². The Morgan fingerprint density at radius 1 is 1.20 bits per heavy atom. The van der Waals surface area contributed by atoms with Crippen LogP contribution in [-0.2, 0) is 12.8 Å². The van der Waals surface area contributed by atoms with Crippen LogP contribution in [0, 0.1) is 0 Å². The van der Waals surface area contributed by atoms with Gasteiger partial charge < -0.3 is 4.98 Å². The summed E-state index contributed by atoms with van der Waals surface area (Å²) < 4.78 is 0. The minimum Gasteiger partial charge on any atom is -0.312 e. The van der Waals surface area contributed by atoms with Crippen LogP contribution in [0.2, 0.25) is 0 Å². The monoisotopic (exact) mass is 217 g/mol. The Labute approximate surface area is 91.6 Å². The number of aromatic nitrogens is 1. The molecule has 0 spiro atoms. The molecule has 3 rings (SSSR count). The fourth-order valence-corrected chi connectivity index (χ4v) is 3.06. The molecule has 1 heterocycles. The molecule has 3 heteroatoms. The highest BCUT2D eigenvalue weighted by atomic mass is 32.1. The highest BCUT2D eigenvalue weighted by molar-refractivity contribution is 7.09. The van der Waals surface area contributed by atoms with E-state index in [0.717, 1.165) is 25.0 Å². The third kappa shape index (κ3) is 1.43. The molecule has 76 valence electrons. The van der Waals surface area contributed by atoms with E-state index >= 15 is 0 Å². The molecular formula is C12H11NOS. The van der Waals surface area contributed by atoms with E-state index in [-0.39, 0.29) is 4.87 Å². The van der Waals surface area contributed by atoms with E-state index in [0.29, 0.717) is 0 Å². The summed E-state index contributed by atoms with van der Waals surface area (Å²) in [4.78, 5) is 15.6. The second kappa shape index (κ2) is 3.35. The molecule has 1 N–H and O–H groups in total. The summed E-state index contributed by atoms with van der Waals surface area (Å²) in [6, 6.07) is 8.35. The number of hydrogen-bond donors (Lipinski definition) is 1. The van der Waals surface area contributed by atoms with Crippen LogP contribution >= 0.6 is 11.3 Å². The second-order valence-corrected chi connectivity index (χ2v) is 4.89. The summed E-state index contributed by atoms with van der Waals surface area (Å²) in [6.45, 7) is 0. The van der Waals surface area contributed by atoms with E-state index in [2.05, 4.69) is 23.2 Å². The van der Waals surface area contributed by atoms with Gasteiger partial charge in [0.1, 0.15) is 0 Å². The molecule has 2 aromatic rings. The van der Waals surface area contributed by atoms with E-state index in [1.165, 1.54) is 27.3 Å². The quantitative estimate of drug-likeness (QED) is 0.723. The zero-order chi connectivity index (χ0) is 10.3. The largest absolute Gasteiger partial charge is 0.312 e. The number of fused-ring (bicyclic) bond motifs is 3. The minimum atomic E-state index is 0.0664. The van der Waals surface area contributed by atoms with Gasteiger partial charge in [-0.3, -0.25) is 4.79 Å². The lowest BCUT2D eigenvalue weighted by molar-refractivity contribution is 0.843. The lowest BCUT2D eigenvalue weighted by atomic mass is 10.0. The molecule has 15 heavy (non-hydrogen) atoms. The smallest absolute Gasteiger partial charge is 0.305 e. The van der Waals surface area contributed by atoms with Crippen LogP contribution in [0.1, 0.15) is 16.9 Å². The number of hydrogen-bond acceptors (Lipinski definition) is 2. The SMILES string of the molecule is O=c1[nH]c2c(s1)CCCc1ccccc1-2. The average Bonchev–Trinajstić information content (AvgIpc) is 2.52. The molecule has 0 saturated carbocycles. The first kappa shape index (κ1) is 8.92. The molecule has 0 radical (unpaired) electrons. The molecule has 1 aliphatic rings. The van der Waals surface area contributed by atoms with Gasteiger partial charge in [0.2, 0.25) is 0 Å². The lowest BCUT2D eigenvalue weighted by Crippen LogP contribution is -1.94. The predicted octanol–water partition coefficient (Wildman–Crippen LogP) is 2.59. The summed E-state index contributed by atoms with van der Waals surface area (Å²) in [7, 11) is 0. The van der Waals surface area contributed by atoms with Crippen LogP contribution in [0.5, 0.6) is 0 Å². The summed E-state index contributed by atoms with van der Waals surface area (Å²) in [5.41, 5.74) is 3.62. The Morgan fingerprint density at radius 3 is 3.00 bits per heavy atom. The van der Waals surface area contributed by atoms with Crippen LogP contribution in [0.3, 0.4) is 0 Å². The molecule has 0 amide bonds. The number of aryl methyl sites for hydroxylation is 2. The van der Waals surface area contributed by atoms with Crippen LogP contribution in [0.15, 0.2) is 29.1 Å². The van der Waals surface area contributed by atoms with Gasteiger partial charge in [-0.25, -0.2) is 0 Å². The first-order chi connectivity index (χ1) is 7.34. The fraction of sp³-hybridized carbons (Fsp3) is 0.250. The zero-order valence-electron chi connectivity index (χ0n) is 8.25. The highest BCUT2D eigenvalue weighted by Gasteiger charge is 2.16. The van der Waals surface area contributed by atoms with Crippen molar-refractivity contribution in [1.29, 1.82) is 0 Å². The Kier molecular flexibility index (Phi) is 1.99. The predicted molar refractivity (Wildman–Crippen MR) is 62.4 cm³/mol. The van der Waals surface area contributed by atoms with Gasteiger partial charge in [-0.1, -0.05) is 35.6 Å². The van der Waals surface area contributed by atoms with Crippen molar-refractivity contribution >= 4 is 11.3 Å². The third-order valence-electron chi connectivity index (χ3n) is 2.86. The van der Waals surface area contributed by atoms with Gasteiger partial charge in [0.15, 0.2) is 0 Å². The Bertz CT molecular complexity index is 553. The molecule has 0 bridgehead atoms. The van der Waals surface area contributed by atoms with Crippen LogP contribution < -0.4 is 4.87 Å².